The van der Waals surface area contributed by atoms with Crippen molar-refractivity contribution in [1.82, 2.24) is 0 Å². The lowest BCUT2D eigenvalue weighted by atomic mass is 10.1. The van der Waals surface area contributed by atoms with Crippen molar-refractivity contribution in [2.75, 3.05) is 26.2 Å². The van der Waals surface area contributed by atoms with E-state index in [1.54, 1.807) is 37.4 Å². The number of fused-ring (bicyclic) bond motifs is 1. The molecule has 9 heteroatoms. The number of anilines is 1. The van der Waals surface area contributed by atoms with Crippen LogP contribution in [-0.4, -0.2) is 33.5 Å². The first-order chi connectivity index (χ1) is 17.8. The zero-order valence-electron chi connectivity index (χ0n) is 21.1. The van der Waals surface area contributed by atoms with Crippen LogP contribution in [0.5, 0.6) is 23.0 Å². The largest absolute Gasteiger partial charge is 0.492 e. The normalized spacial score (nSPS) is 10.9. The molecule has 3 aromatic carbocycles. The summed E-state index contributed by atoms with van der Waals surface area (Å²) in [6.07, 6.45) is -0.628. The van der Waals surface area contributed by atoms with E-state index < -0.39 is 6.09 Å². The molecule has 0 bridgehead atoms. The molecule has 0 atom stereocenters. The van der Waals surface area contributed by atoms with Crippen LogP contribution in [0.2, 0.25) is 0 Å². The van der Waals surface area contributed by atoms with E-state index in [9.17, 15) is 9.59 Å². The van der Waals surface area contributed by atoms with E-state index in [1.165, 1.54) is 36.9 Å². The third kappa shape index (κ3) is 5.83. The van der Waals surface area contributed by atoms with E-state index in [-0.39, 0.29) is 22.7 Å². The number of hydrogen-bond acceptors (Lipinski definition) is 8. The predicted octanol–water partition coefficient (Wildman–Crippen LogP) is 6.38. The van der Waals surface area contributed by atoms with Gasteiger partial charge in [0.2, 0.25) is 5.75 Å². The van der Waals surface area contributed by atoms with E-state index in [0.29, 0.717) is 27.9 Å². The van der Waals surface area contributed by atoms with Gasteiger partial charge in [0, 0.05) is 29.8 Å². The van der Waals surface area contributed by atoms with Crippen LogP contribution in [0.25, 0.3) is 11.0 Å². The van der Waals surface area contributed by atoms with E-state index in [1.807, 2.05) is 44.2 Å². The molecule has 4 aromatic rings. The number of ether oxygens (including phenoxy) is 4. The van der Waals surface area contributed by atoms with Gasteiger partial charge in [-0.2, -0.15) is 0 Å². The Labute approximate surface area is 218 Å². The van der Waals surface area contributed by atoms with Gasteiger partial charge in [0.15, 0.2) is 22.0 Å². The minimum atomic E-state index is -0.504. The number of para-hydroxylation sites is 1. The van der Waals surface area contributed by atoms with Crippen LogP contribution in [0, 0.1) is 0 Å². The van der Waals surface area contributed by atoms with Gasteiger partial charge in [0.1, 0.15) is 16.7 Å². The number of benzene rings is 3. The number of carbonyl (C=O) groups excluding carboxylic acids is 1. The molecule has 0 aliphatic heterocycles. The first kappa shape index (κ1) is 26.0. The molecule has 0 fully saturated rings. The molecular weight excluding hydrogens is 494 g/mol. The summed E-state index contributed by atoms with van der Waals surface area (Å²) in [6, 6.07) is 19.2. The summed E-state index contributed by atoms with van der Waals surface area (Å²) in [4.78, 5) is 27.7. The molecule has 1 aromatic heterocycles. The maximum atomic E-state index is 13.0. The SMILES string of the molecule is COc1c(OC(C)C)cc2oc(Sc3ccc(OC(=O)N(C)c4ccccc4)cc3)cc(=O)c2c1OC. The third-order valence-electron chi connectivity index (χ3n) is 5.31. The van der Waals surface area contributed by atoms with Crippen molar-refractivity contribution >= 4 is 34.5 Å². The van der Waals surface area contributed by atoms with Gasteiger partial charge in [-0.25, -0.2) is 4.79 Å². The fraction of sp³-hybridized carbons (Fsp3) is 0.214. The molecule has 8 nitrogen and oxygen atoms in total. The van der Waals surface area contributed by atoms with Gasteiger partial charge in [-0.15, -0.1) is 0 Å². The van der Waals surface area contributed by atoms with Crippen LogP contribution >= 0.6 is 11.8 Å². The first-order valence-corrected chi connectivity index (χ1v) is 12.3. The summed E-state index contributed by atoms with van der Waals surface area (Å²) in [5.74, 6) is 1.40. The molecule has 0 spiro atoms. The molecule has 0 aliphatic rings. The number of hydrogen-bond donors (Lipinski definition) is 0. The van der Waals surface area contributed by atoms with Gasteiger partial charge in [0.05, 0.1) is 20.3 Å². The van der Waals surface area contributed by atoms with Crippen LogP contribution < -0.4 is 29.3 Å². The molecule has 0 saturated carbocycles. The summed E-state index contributed by atoms with van der Waals surface area (Å²) in [7, 11) is 4.60. The summed E-state index contributed by atoms with van der Waals surface area (Å²) >= 11 is 1.26. The van der Waals surface area contributed by atoms with Gasteiger partial charge in [-0.1, -0.05) is 30.0 Å². The number of amides is 1. The summed E-state index contributed by atoms with van der Waals surface area (Å²) < 4.78 is 28.3. The Hall–Kier alpha value is -4.11. The zero-order chi connectivity index (χ0) is 26.5. The minimum absolute atomic E-state index is 0.125. The van der Waals surface area contributed by atoms with Gasteiger partial charge >= 0.3 is 6.09 Å². The summed E-state index contributed by atoms with van der Waals surface area (Å²) in [5.41, 5.74) is 0.768. The molecule has 1 amide bonds. The molecule has 4 rings (SSSR count). The monoisotopic (exact) mass is 521 g/mol. The topological polar surface area (TPSA) is 87.4 Å². The van der Waals surface area contributed by atoms with Crippen LogP contribution in [0.3, 0.4) is 0 Å². The maximum absolute atomic E-state index is 13.0. The van der Waals surface area contributed by atoms with Crippen molar-refractivity contribution in [3.8, 4) is 23.0 Å². The third-order valence-corrected chi connectivity index (χ3v) is 6.22. The Kier molecular flexibility index (Phi) is 7.93. The van der Waals surface area contributed by atoms with E-state index in [0.717, 1.165) is 10.6 Å². The molecule has 37 heavy (non-hydrogen) atoms. The van der Waals surface area contributed by atoms with E-state index in [4.69, 9.17) is 23.4 Å². The number of nitrogens with zero attached hydrogens (tertiary/aromatic N) is 1. The lowest BCUT2D eigenvalue weighted by Gasteiger charge is -2.17. The quantitative estimate of drug-likeness (QED) is 0.264. The molecule has 0 N–H and O–H groups in total. The number of rotatable bonds is 8. The molecule has 0 unspecified atom stereocenters. The fourth-order valence-electron chi connectivity index (χ4n) is 3.62. The highest BCUT2D eigenvalue weighted by Crippen LogP contribution is 2.43. The fourth-order valence-corrected chi connectivity index (χ4v) is 4.42. The van der Waals surface area contributed by atoms with Crippen molar-refractivity contribution < 1.29 is 28.2 Å². The Morgan fingerprint density at radius 1 is 0.946 bits per heavy atom. The summed E-state index contributed by atoms with van der Waals surface area (Å²) in [5, 5.41) is 0.651. The smallest absolute Gasteiger partial charge is 0.419 e. The van der Waals surface area contributed by atoms with Gasteiger partial charge in [-0.05, 0) is 50.2 Å². The Balaban J connectivity index is 1.56. The average molecular weight is 522 g/mol. The van der Waals surface area contributed by atoms with E-state index in [2.05, 4.69) is 0 Å². The second kappa shape index (κ2) is 11.3. The molecular formula is C28H27NO7S. The second-order valence-electron chi connectivity index (χ2n) is 8.25. The van der Waals surface area contributed by atoms with Gasteiger partial charge < -0.3 is 23.4 Å². The Morgan fingerprint density at radius 2 is 1.62 bits per heavy atom. The van der Waals surface area contributed by atoms with Crippen molar-refractivity contribution in [3.05, 3.63) is 77.0 Å². The van der Waals surface area contributed by atoms with Gasteiger partial charge in [0.25, 0.3) is 0 Å². The van der Waals surface area contributed by atoms with E-state index >= 15 is 0 Å². The van der Waals surface area contributed by atoms with Crippen molar-refractivity contribution in [1.29, 1.82) is 0 Å². The highest BCUT2D eigenvalue weighted by Gasteiger charge is 2.22. The lowest BCUT2D eigenvalue weighted by molar-refractivity contribution is 0.209. The Morgan fingerprint density at radius 3 is 2.24 bits per heavy atom. The zero-order valence-corrected chi connectivity index (χ0v) is 22.0. The predicted molar refractivity (Wildman–Crippen MR) is 143 cm³/mol. The highest BCUT2D eigenvalue weighted by atomic mass is 32.2. The molecule has 0 saturated heterocycles. The molecule has 0 radical (unpaired) electrons. The highest BCUT2D eigenvalue weighted by molar-refractivity contribution is 7.99. The Bertz CT molecular complexity index is 1450. The lowest BCUT2D eigenvalue weighted by Crippen LogP contribution is -2.29. The molecule has 0 aliphatic carbocycles. The second-order valence-corrected chi connectivity index (χ2v) is 9.32. The van der Waals surface area contributed by atoms with Crippen LogP contribution in [0.1, 0.15) is 13.8 Å². The first-order valence-electron chi connectivity index (χ1n) is 11.5. The maximum Gasteiger partial charge on any atom is 0.419 e. The number of carbonyl (C=O) groups is 1. The van der Waals surface area contributed by atoms with Crippen LogP contribution in [-0.2, 0) is 0 Å². The molecule has 1 heterocycles. The van der Waals surface area contributed by atoms with Gasteiger partial charge in [-0.3, -0.25) is 9.69 Å². The van der Waals surface area contributed by atoms with Crippen LogP contribution in [0.4, 0.5) is 10.5 Å². The standard InChI is InChI=1S/C28H27NO7S/c1-17(2)34-23-16-22-25(27(33-5)26(23)32-4)21(30)15-24(36-22)37-20-13-11-19(12-14-20)35-28(31)29(3)18-9-7-6-8-10-18/h6-17H,1-5H3. The van der Waals surface area contributed by atoms with Crippen molar-refractivity contribution in [2.24, 2.45) is 0 Å². The average Bonchev–Trinajstić information content (AvgIpc) is 2.88. The minimum Gasteiger partial charge on any atom is -0.492 e. The number of methoxy groups -OCH3 is 2. The molecule has 192 valence electrons. The van der Waals surface area contributed by atoms with Crippen LogP contribution in [0.15, 0.2) is 85.9 Å². The van der Waals surface area contributed by atoms with Crippen molar-refractivity contribution in [3.63, 3.8) is 0 Å². The van der Waals surface area contributed by atoms with Crippen molar-refractivity contribution in [2.45, 2.75) is 29.9 Å². The summed E-state index contributed by atoms with van der Waals surface area (Å²) in [6.45, 7) is 3.78.